The number of ether oxygens (including phenoxy) is 3. The number of rotatable bonds is 6. The van der Waals surface area contributed by atoms with Crippen LogP contribution in [0.15, 0.2) is 29.3 Å². The second-order valence-electron chi connectivity index (χ2n) is 7.92. The van der Waals surface area contributed by atoms with E-state index < -0.39 is 0 Å². The summed E-state index contributed by atoms with van der Waals surface area (Å²) in [4.78, 5) is 20.4. The summed E-state index contributed by atoms with van der Waals surface area (Å²) in [6, 6.07) is 8.47. The molecule has 1 aromatic rings. The normalized spacial score (nSPS) is 19.1. The molecule has 1 N–H and O–H groups in total. The van der Waals surface area contributed by atoms with E-state index in [-0.39, 0.29) is 11.5 Å². The number of piperazine rings is 1. The van der Waals surface area contributed by atoms with E-state index in [2.05, 4.69) is 39.5 Å². The summed E-state index contributed by atoms with van der Waals surface area (Å²) in [5.74, 6) is 1.78. The number of benzene rings is 1. The molecule has 0 bridgehead atoms. The zero-order valence-corrected chi connectivity index (χ0v) is 19.1. The largest absolute Gasteiger partial charge is 0.494 e. The van der Waals surface area contributed by atoms with Crippen LogP contribution in [0, 0.1) is 0 Å². The summed E-state index contributed by atoms with van der Waals surface area (Å²) in [6.07, 6.45) is 1.69. The standard InChI is InChI=1S/C23H36N4O4/c1-4-30-20-8-6-19(7-9-20)23(10-16-29-17-11-23)18-25-21(24-3)26-12-14-27(15-13-26)22(28)31-5-2/h6-9H,4-5,10-18H2,1-3H3,(H,24,25). The highest BCUT2D eigenvalue weighted by atomic mass is 16.6. The Bertz CT molecular complexity index is 724. The fraction of sp³-hybridized carbons (Fsp3) is 0.652. The van der Waals surface area contributed by atoms with Gasteiger partial charge in [-0.25, -0.2) is 4.79 Å². The highest BCUT2D eigenvalue weighted by molar-refractivity contribution is 5.80. The molecule has 1 aromatic carbocycles. The van der Waals surface area contributed by atoms with Crippen molar-refractivity contribution in [1.29, 1.82) is 0 Å². The minimum Gasteiger partial charge on any atom is -0.494 e. The van der Waals surface area contributed by atoms with Crippen molar-refractivity contribution in [3.63, 3.8) is 0 Å². The molecule has 2 heterocycles. The first-order chi connectivity index (χ1) is 15.1. The van der Waals surface area contributed by atoms with Crippen LogP contribution in [0.25, 0.3) is 0 Å². The number of aliphatic imine (C=N–C) groups is 1. The Hall–Kier alpha value is -2.48. The molecule has 31 heavy (non-hydrogen) atoms. The number of carbonyl (C=O) groups is 1. The van der Waals surface area contributed by atoms with Crippen molar-refractivity contribution in [2.24, 2.45) is 4.99 Å². The van der Waals surface area contributed by atoms with E-state index in [1.54, 1.807) is 4.90 Å². The molecule has 0 atom stereocenters. The summed E-state index contributed by atoms with van der Waals surface area (Å²) in [5, 5.41) is 3.61. The van der Waals surface area contributed by atoms with Gasteiger partial charge in [0.25, 0.3) is 0 Å². The zero-order chi connectivity index (χ0) is 22.1. The monoisotopic (exact) mass is 432 g/mol. The highest BCUT2D eigenvalue weighted by Crippen LogP contribution is 2.35. The first kappa shape index (κ1) is 23.2. The minimum absolute atomic E-state index is 0.00825. The van der Waals surface area contributed by atoms with Crippen molar-refractivity contribution >= 4 is 12.1 Å². The average molecular weight is 433 g/mol. The van der Waals surface area contributed by atoms with Gasteiger partial charge in [0, 0.05) is 58.4 Å². The van der Waals surface area contributed by atoms with Gasteiger partial charge in [0.2, 0.25) is 0 Å². The van der Waals surface area contributed by atoms with E-state index in [9.17, 15) is 4.79 Å². The Kier molecular flexibility index (Phi) is 8.40. The molecule has 0 aliphatic carbocycles. The van der Waals surface area contributed by atoms with Gasteiger partial charge >= 0.3 is 6.09 Å². The van der Waals surface area contributed by atoms with Crippen molar-refractivity contribution < 1.29 is 19.0 Å². The van der Waals surface area contributed by atoms with Gasteiger partial charge in [-0.3, -0.25) is 4.99 Å². The lowest BCUT2D eigenvalue weighted by Gasteiger charge is -2.40. The third kappa shape index (κ3) is 5.81. The van der Waals surface area contributed by atoms with Crippen molar-refractivity contribution in [2.45, 2.75) is 32.1 Å². The average Bonchev–Trinajstić information content (AvgIpc) is 2.81. The minimum atomic E-state index is -0.234. The molecule has 8 nitrogen and oxygen atoms in total. The maximum Gasteiger partial charge on any atom is 0.409 e. The zero-order valence-electron chi connectivity index (χ0n) is 19.1. The van der Waals surface area contributed by atoms with Crippen LogP contribution in [0.3, 0.4) is 0 Å². The predicted molar refractivity (Wildman–Crippen MR) is 121 cm³/mol. The number of amides is 1. The van der Waals surface area contributed by atoms with Crippen LogP contribution < -0.4 is 10.1 Å². The van der Waals surface area contributed by atoms with Gasteiger partial charge in [0.1, 0.15) is 5.75 Å². The van der Waals surface area contributed by atoms with Crippen molar-refractivity contribution in [1.82, 2.24) is 15.1 Å². The van der Waals surface area contributed by atoms with E-state index in [0.29, 0.717) is 26.3 Å². The van der Waals surface area contributed by atoms with Gasteiger partial charge in [-0.1, -0.05) is 12.1 Å². The summed E-state index contributed by atoms with van der Waals surface area (Å²) < 4.78 is 16.4. The molecule has 0 saturated carbocycles. The molecule has 3 rings (SSSR count). The number of hydrogen-bond donors (Lipinski definition) is 1. The van der Waals surface area contributed by atoms with Gasteiger partial charge < -0.3 is 29.3 Å². The maximum atomic E-state index is 12.0. The molecule has 2 fully saturated rings. The van der Waals surface area contributed by atoms with E-state index >= 15 is 0 Å². The maximum absolute atomic E-state index is 12.0. The third-order valence-electron chi connectivity index (χ3n) is 6.13. The quantitative estimate of drug-likeness (QED) is 0.550. The molecule has 2 aliphatic heterocycles. The van der Waals surface area contributed by atoms with Gasteiger partial charge in [-0.15, -0.1) is 0 Å². The Morgan fingerprint density at radius 1 is 1.06 bits per heavy atom. The van der Waals surface area contributed by atoms with Crippen molar-refractivity contribution in [2.75, 3.05) is 66.2 Å². The van der Waals surface area contributed by atoms with E-state index in [1.807, 2.05) is 20.9 Å². The summed E-state index contributed by atoms with van der Waals surface area (Å²) in [7, 11) is 1.81. The molecule has 2 aliphatic rings. The van der Waals surface area contributed by atoms with Crippen LogP contribution in [0.4, 0.5) is 4.79 Å². The Morgan fingerprint density at radius 2 is 1.71 bits per heavy atom. The van der Waals surface area contributed by atoms with Gasteiger partial charge in [0.15, 0.2) is 5.96 Å². The Balaban J connectivity index is 1.63. The molecule has 172 valence electrons. The molecular formula is C23H36N4O4. The molecule has 2 saturated heterocycles. The molecule has 8 heteroatoms. The van der Waals surface area contributed by atoms with Crippen LogP contribution in [-0.2, 0) is 14.9 Å². The number of nitrogens with zero attached hydrogens (tertiary/aromatic N) is 3. The van der Waals surface area contributed by atoms with Crippen LogP contribution >= 0.6 is 0 Å². The van der Waals surface area contributed by atoms with E-state index in [0.717, 1.165) is 57.4 Å². The first-order valence-electron chi connectivity index (χ1n) is 11.3. The van der Waals surface area contributed by atoms with E-state index in [4.69, 9.17) is 14.2 Å². The lowest BCUT2D eigenvalue weighted by Crippen LogP contribution is -2.55. The molecule has 0 unspecified atom stereocenters. The lowest BCUT2D eigenvalue weighted by atomic mass is 9.74. The SMILES string of the molecule is CCOC(=O)N1CCN(C(=NC)NCC2(c3ccc(OCC)cc3)CCOCC2)CC1. The summed E-state index contributed by atoms with van der Waals surface area (Å²) in [5.41, 5.74) is 1.29. The number of hydrogen-bond acceptors (Lipinski definition) is 5. The molecule has 1 amide bonds. The first-order valence-corrected chi connectivity index (χ1v) is 11.3. The summed E-state index contributed by atoms with van der Waals surface area (Å²) in [6.45, 7) is 9.93. The molecule has 0 spiro atoms. The topological polar surface area (TPSA) is 75.6 Å². The molecule has 0 aromatic heterocycles. The fourth-order valence-corrected chi connectivity index (χ4v) is 4.30. The number of carbonyl (C=O) groups excluding carboxylic acids is 1. The van der Waals surface area contributed by atoms with Crippen molar-refractivity contribution in [3.8, 4) is 5.75 Å². The second kappa shape index (κ2) is 11.2. The van der Waals surface area contributed by atoms with Crippen LogP contribution in [-0.4, -0.2) is 88.1 Å². The smallest absolute Gasteiger partial charge is 0.409 e. The van der Waals surface area contributed by atoms with Gasteiger partial charge in [0.05, 0.1) is 13.2 Å². The summed E-state index contributed by atoms with van der Waals surface area (Å²) >= 11 is 0. The second-order valence-corrected chi connectivity index (χ2v) is 7.92. The third-order valence-corrected chi connectivity index (χ3v) is 6.13. The number of nitrogens with one attached hydrogen (secondary N) is 1. The molecular weight excluding hydrogens is 396 g/mol. The highest BCUT2D eigenvalue weighted by Gasteiger charge is 2.35. The van der Waals surface area contributed by atoms with Crippen LogP contribution in [0.1, 0.15) is 32.3 Å². The fourth-order valence-electron chi connectivity index (χ4n) is 4.30. The van der Waals surface area contributed by atoms with Crippen LogP contribution in [0.2, 0.25) is 0 Å². The Morgan fingerprint density at radius 3 is 2.29 bits per heavy atom. The van der Waals surface area contributed by atoms with Crippen molar-refractivity contribution in [3.05, 3.63) is 29.8 Å². The molecule has 0 radical (unpaired) electrons. The van der Waals surface area contributed by atoms with Crippen LogP contribution in [0.5, 0.6) is 5.75 Å². The number of guanidine groups is 1. The van der Waals surface area contributed by atoms with Gasteiger partial charge in [-0.2, -0.15) is 0 Å². The van der Waals surface area contributed by atoms with Gasteiger partial charge in [-0.05, 0) is 44.4 Å². The van der Waals surface area contributed by atoms with E-state index in [1.165, 1.54) is 5.56 Å². The Labute approximate surface area is 185 Å². The predicted octanol–water partition coefficient (Wildman–Crippen LogP) is 2.48. The lowest BCUT2D eigenvalue weighted by molar-refractivity contribution is 0.0510.